The van der Waals surface area contributed by atoms with E-state index in [-0.39, 0.29) is 0 Å². The van der Waals surface area contributed by atoms with Crippen molar-refractivity contribution in [2.45, 2.75) is 23.1 Å². The molecule has 1 aliphatic heterocycles. The molecule has 2 heterocycles. The Hall–Kier alpha value is -1.49. The van der Waals surface area contributed by atoms with Gasteiger partial charge >= 0.3 is 0 Å². The molecular weight excluding hydrogens is 220 g/mol. The number of fused-ring (bicyclic) bond motifs is 1. The highest BCUT2D eigenvalue weighted by Crippen LogP contribution is 2.37. The van der Waals surface area contributed by atoms with Crippen LogP contribution in [0.25, 0.3) is 0 Å². The van der Waals surface area contributed by atoms with Crippen molar-refractivity contribution in [3.05, 3.63) is 36.0 Å². The minimum absolute atomic E-state index is 0.487. The Balaban J connectivity index is 1.72. The summed E-state index contributed by atoms with van der Waals surface area (Å²) in [6.45, 7) is 0.865. The molecule has 1 aromatic carbocycles. The third-order valence-electron chi connectivity index (χ3n) is 2.66. The van der Waals surface area contributed by atoms with Crippen LogP contribution in [0.4, 0.5) is 5.82 Å². The number of hydrogen-bond acceptors (Lipinski definition) is 4. The van der Waals surface area contributed by atoms with E-state index in [4.69, 9.17) is 5.73 Å². The predicted molar refractivity (Wildman–Crippen MR) is 64.2 cm³/mol. The zero-order chi connectivity index (χ0) is 11.0. The van der Waals surface area contributed by atoms with Gasteiger partial charge in [0.05, 0.1) is 12.7 Å². The van der Waals surface area contributed by atoms with Gasteiger partial charge in [-0.1, -0.05) is 23.4 Å². The monoisotopic (exact) mass is 232 g/mol. The van der Waals surface area contributed by atoms with Crippen LogP contribution in [0.1, 0.15) is 5.56 Å². The zero-order valence-corrected chi connectivity index (χ0v) is 9.52. The van der Waals surface area contributed by atoms with Gasteiger partial charge in [0, 0.05) is 10.1 Å². The molecule has 2 N–H and O–H groups in total. The summed E-state index contributed by atoms with van der Waals surface area (Å²) in [5, 5.41) is 8.30. The van der Waals surface area contributed by atoms with E-state index in [1.807, 2.05) is 16.4 Å². The first-order chi connectivity index (χ1) is 7.81. The summed E-state index contributed by atoms with van der Waals surface area (Å²) in [6.07, 6.45) is 2.88. The average molecular weight is 232 g/mol. The summed E-state index contributed by atoms with van der Waals surface area (Å²) >= 11 is 1.91. The molecule has 1 aromatic heterocycles. The standard InChI is InChI=1S/C11H12N4S/c12-11-7-15(14-13-11)6-9-5-8-3-1-2-4-10(8)16-9/h1-4,7,9H,5-6,12H2. The van der Waals surface area contributed by atoms with Gasteiger partial charge in [0.15, 0.2) is 5.82 Å². The van der Waals surface area contributed by atoms with E-state index in [1.165, 1.54) is 10.5 Å². The molecule has 1 aliphatic rings. The van der Waals surface area contributed by atoms with Gasteiger partial charge in [0.25, 0.3) is 0 Å². The number of benzene rings is 1. The van der Waals surface area contributed by atoms with Gasteiger partial charge in [-0.3, -0.25) is 0 Å². The van der Waals surface area contributed by atoms with Crippen LogP contribution in [-0.4, -0.2) is 20.2 Å². The Labute approximate surface area is 97.8 Å². The average Bonchev–Trinajstić information content (AvgIpc) is 2.84. The molecule has 1 unspecified atom stereocenters. The van der Waals surface area contributed by atoms with E-state index < -0.39 is 0 Å². The van der Waals surface area contributed by atoms with E-state index in [0.29, 0.717) is 11.1 Å². The molecule has 3 rings (SSSR count). The Morgan fingerprint density at radius 1 is 1.44 bits per heavy atom. The summed E-state index contributed by atoms with van der Waals surface area (Å²) < 4.78 is 1.82. The molecule has 1 atom stereocenters. The fraction of sp³-hybridized carbons (Fsp3) is 0.273. The van der Waals surface area contributed by atoms with Crippen LogP contribution in [-0.2, 0) is 13.0 Å². The highest BCUT2D eigenvalue weighted by atomic mass is 32.2. The van der Waals surface area contributed by atoms with Crippen molar-refractivity contribution in [1.29, 1.82) is 0 Å². The Morgan fingerprint density at radius 3 is 3.06 bits per heavy atom. The largest absolute Gasteiger partial charge is 0.381 e. The van der Waals surface area contributed by atoms with Crippen LogP contribution in [0.15, 0.2) is 35.4 Å². The van der Waals surface area contributed by atoms with Gasteiger partial charge in [-0.05, 0) is 18.1 Å². The SMILES string of the molecule is Nc1cn(CC2Cc3ccccc3S2)nn1. The van der Waals surface area contributed by atoms with Crippen molar-refractivity contribution >= 4 is 17.6 Å². The molecule has 4 nitrogen and oxygen atoms in total. The molecule has 82 valence electrons. The maximum Gasteiger partial charge on any atom is 0.165 e. The number of thioether (sulfide) groups is 1. The lowest BCUT2D eigenvalue weighted by Crippen LogP contribution is -2.12. The maximum absolute atomic E-state index is 5.54. The van der Waals surface area contributed by atoms with Crippen LogP contribution in [0, 0.1) is 0 Å². The predicted octanol–water partition coefficient (Wildman–Crippen LogP) is 1.58. The fourth-order valence-corrected chi connectivity index (χ4v) is 3.28. The number of hydrogen-bond donors (Lipinski definition) is 1. The summed E-state index contributed by atoms with van der Waals surface area (Å²) in [6, 6.07) is 8.55. The molecule has 0 bridgehead atoms. The Kier molecular flexibility index (Phi) is 2.32. The van der Waals surface area contributed by atoms with Crippen LogP contribution in [0.5, 0.6) is 0 Å². The molecule has 0 aliphatic carbocycles. The van der Waals surface area contributed by atoms with Crippen LogP contribution < -0.4 is 5.73 Å². The van der Waals surface area contributed by atoms with Gasteiger partial charge in [-0.15, -0.1) is 16.9 Å². The summed E-state index contributed by atoms with van der Waals surface area (Å²) in [5.74, 6) is 0.487. The number of nitrogens with two attached hydrogens (primary N) is 1. The van der Waals surface area contributed by atoms with Gasteiger partial charge in [-0.25, -0.2) is 4.68 Å². The van der Waals surface area contributed by atoms with Crippen LogP contribution in [0.2, 0.25) is 0 Å². The normalized spacial score (nSPS) is 18.6. The van der Waals surface area contributed by atoms with E-state index >= 15 is 0 Å². The third-order valence-corrected chi connectivity index (χ3v) is 3.96. The molecule has 0 spiro atoms. The lowest BCUT2D eigenvalue weighted by atomic mass is 10.1. The second kappa shape index (κ2) is 3.83. The van der Waals surface area contributed by atoms with Gasteiger partial charge in [0.1, 0.15) is 0 Å². The molecule has 0 saturated heterocycles. The van der Waals surface area contributed by atoms with Crippen molar-refractivity contribution < 1.29 is 0 Å². The quantitative estimate of drug-likeness (QED) is 0.854. The minimum Gasteiger partial charge on any atom is -0.381 e. The molecule has 2 aromatic rings. The van der Waals surface area contributed by atoms with Crippen molar-refractivity contribution in [3.8, 4) is 0 Å². The lowest BCUT2D eigenvalue weighted by molar-refractivity contribution is 0.573. The van der Waals surface area contributed by atoms with E-state index in [1.54, 1.807) is 6.20 Å². The van der Waals surface area contributed by atoms with Crippen molar-refractivity contribution in [1.82, 2.24) is 15.0 Å². The molecule has 0 amide bonds. The number of anilines is 1. The zero-order valence-electron chi connectivity index (χ0n) is 8.71. The van der Waals surface area contributed by atoms with Gasteiger partial charge in [0.2, 0.25) is 0 Å². The van der Waals surface area contributed by atoms with E-state index in [9.17, 15) is 0 Å². The van der Waals surface area contributed by atoms with Gasteiger partial charge < -0.3 is 5.73 Å². The van der Waals surface area contributed by atoms with E-state index in [0.717, 1.165) is 13.0 Å². The summed E-state index contributed by atoms with van der Waals surface area (Å²) in [4.78, 5) is 1.39. The van der Waals surface area contributed by atoms with Crippen LogP contribution >= 0.6 is 11.8 Å². The number of nitrogens with zero attached hydrogens (tertiary/aromatic N) is 3. The minimum atomic E-state index is 0.487. The smallest absolute Gasteiger partial charge is 0.165 e. The maximum atomic E-state index is 5.54. The Morgan fingerprint density at radius 2 is 2.31 bits per heavy atom. The van der Waals surface area contributed by atoms with Crippen molar-refractivity contribution in [2.24, 2.45) is 0 Å². The third kappa shape index (κ3) is 1.78. The Bertz CT molecular complexity index is 483. The number of rotatable bonds is 2. The van der Waals surface area contributed by atoms with Crippen LogP contribution in [0.3, 0.4) is 0 Å². The lowest BCUT2D eigenvalue weighted by Gasteiger charge is -2.06. The molecule has 0 fully saturated rings. The number of aromatic nitrogens is 3. The summed E-state index contributed by atoms with van der Waals surface area (Å²) in [5.41, 5.74) is 6.97. The highest BCUT2D eigenvalue weighted by Gasteiger charge is 2.22. The highest BCUT2D eigenvalue weighted by molar-refractivity contribution is 8.00. The summed E-state index contributed by atoms with van der Waals surface area (Å²) in [7, 11) is 0. The second-order valence-electron chi connectivity index (χ2n) is 3.92. The van der Waals surface area contributed by atoms with Crippen molar-refractivity contribution in [3.63, 3.8) is 0 Å². The molecule has 0 radical (unpaired) electrons. The number of nitrogen functional groups attached to an aromatic ring is 1. The first-order valence-corrected chi connectivity index (χ1v) is 6.09. The van der Waals surface area contributed by atoms with Crippen molar-refractivity contribution in [2.75, 3.05) is 5.73 Å². The molecular formula is C11H12N4S. The second-order valence-corrected chi connectivity index (χ2v) is 5.26. The topological polar surface area (TPSA) is 56.7 Å². The van der Waals surface area contributed by atoms with E-state index in [2.05, 4.69) is 34.6 Å². The molecule has 0 saturated carbocycles. The first kappa shape index (κ1) is 9.72. The first-order valence-electron chi connectivity index (χ1n) is 5.21. The molecule has 16 heavy (non-hydrogen) atoms. The fourth-order valence-electron chi connectivity index (χ4n) is 1.97. The molecule has 5 heteroatoms. The van der Waals surface area contributed by atoms with Gasteiger partial charge in [-0.2, -0.15) is 0 Å².